The number of aromatic nitrogens is 2. The van der Waals surface area contributed by atoms with Gasteiger partial charge in [-0.2, -0.15) is 0 Å². The Morgan fingerprint density at radius 2 is 1.53 bits per heavy atom. The second-order valence-corrected chi connectivity index (χ2v) is 10.5. The van der Waals surface area contributed by atoms with Gasteiger partial charge >= 0.3 is 0 Å². The highest BCUT2D eigenvalue weighted by Crippen LogP contribution is 2.20. The molecule has 0 bridgehead atoms. The summed E-state index contributed by atoms with van der Waals surface area (Å²) in [6.45, 7) is 3.03. The molecule has 4 aromatic rings. The fourth-order valence-corrected chi connectivity index (χ4v) is 5.44. The first-order chi connectivity index (χ1) is 18.5. The summed E-state index contributed by atoms with van der Waals surface area (Å²) in [6.07, 6.45) is 8.92. The summed E-state index contributed by atoms with van der Waals surface area (Å²) in [5.41, 5.74) is 15.3. The van der Waals surface area contributed by atoms with Crippen LogP contribution in [0.4, 0.5) is 0 Å². The second-order valence-electron chi connectivity index (χ2n) is 10.5. The average Bonchev–Trinajstić information content (AvgIpc) is 3.52. The summed E-state index contributed by atoms with van der Waals surface area (Å²) in [5, 5.41) is 2.50. The number of rotatable bonds is 6. The minimum atomic E-state index is 0.0372. The van der Waals surface area contributed by atoms with Crippen molar-refractivity contribution in [3.05, 3.63) is 72.6 Å². The first-order valence-corrected chi connectivity index (χ1v) is 13.6. The highest BCUT2D eigenvalue weighted by molar-refractivity contribution is 5.83. The summed E-state index contributed by atoms with van der Waals surface area (Å²) in [5.74, 6) is 0.370. The van der Waals surface area contributed by atoms with E-state index < -0.39 is 0 Å². The molecule has 2 aliphatic rings. The Balaban J connectivity index is 0.000000156. The van der Waals surface area contributed by atoms with Crippen molar-refractivity contribution in [2.45, 2.75) is 57.3 Å². The molecule has 8 heteroatoms. The minimum absolute atomic E-state index is 0.0372. The summed E-state index contributed by atoms with van der Waals surface area (Å²) in [6, 6.07) is 18.7. The number of carbonyl (C=O) groups is 2. The maximum atomic E-state index is 11.9. The number of aromatic amines is 1. The van der Waals surface area contributed by atoms with Crippen molar-refractivity contribution in [1.82, 2.24) is 19.4 Å². The van der Waals surface area contributed by atoms with E-state index in [0.717, 1.165) is 45.3 Å². The molecular weight excluding hydrogens is 476 g/mol. The van der Waals surface area contributed by atoms with Gasteiger partial charge in [0.05, 0.1) is 6.67 Å². The quantitative estimate of drug-likeness (QED) is 0.365. The Hall–Kier alpha value is -3.62. The number of nitrogens with one attached hydrogen (secondary N) is 1. The Morgan fingerprint density at radius 3 is 2.29 bits per heavy atom. The average molecular weight is 515 g/mol. The lowest BCUT2D eigenvalue weighted by atomic mass is 10.0. The molecule has 0 spiro atoms. The SMILES string of the molecule is NC1CCN(CCCc2c[nH]c3ccccc23)C(=O)C1.NC1CCN(Cn2ccc3ccccc32)C(=O)C1. The molecule has 4 heterocycles. The van der Waals surface area contributed by atoms with E-state index in [4.69, 9.17) is 11.5 Å². The number of piperidine rings is 2. The molecule has 2 aliphatic heterocycles. The number of aryl methyl sites for hydroxylation is 1. The van der Waals surface area contributed by atoms with E-state index >= 15 is 0 Å². The molecule has 6 rings (SSSR count). The first kappa shape index (κ1) is 26.0. The maximum absolute atomic E-state index is 11.9. The van der Waals surface area contributed by atoms with Crippen LogP contribution in [-0.2, 0) is 22.7 Å². The monoisotopic (exact) mass is 514 g/mol. The van der Waals surface area contributed by atoms with Crippen LogP contribution in [0.5, 0.6) is 0 Å². The number of carbonyl (C=O) groups excluding carboxylic acids is 2. The van der Waals surface area contributed by atoms with Crippen LogP contribution in [0.2, 0.25) is 0 Å². The van der Waals surface area contributed by atoms with Crippen molar-refractivity contribution in [1.29, 1.82) is 0 Å². The summed E-state index contributed by atoms with van der Waals surface area (Å²) < 4.78 is 2.12. The van der Waals surface area contributed by atoms with Gasteiger partial charge in [0.25, 0.3) is 0 Å². The Bertz CT molecular complexity index is 1390. The number of para-hydroxylation sites is 2. The number of amides is 2. The van der Waals surface area contributed by atoms with Gasteiger partial charge in [0.1, 0.15) is 0 Å². The number of H-pyrrole nitrogens is 1. The van der Waals surface area contributed by atoms with Crippen LogP contribution < -0.4 is 11.5 Å². The van der Waals surface area contributed by atoms with Crippen LogP contribution in [-0.4, -0.2) is 62.9 Å². The molecule has 2 atom stereocenters. The highest BCUT2D eigenvalue weighted by atomic mass is 16.2. The van der Waals surface area contributed by atoms with Gasteiger partial charge in [-0.05, 0) is 54.8 Å². The molecule has 5 N–H and O–H groups in total. The van der Waals surface area contributed by atoms with Crippen molar-refractivity contribution in [2.24, 2.45) is 11.5 Å². The van der Waals surface area contributed by atoms with Crippen LogP contribution in [0.15, 0.2) is 67.0 Å². The number of nitrogens with zero attached hydrogens (tertiary/aromatic N) is 3. The van der Waals surface area contributed by atoms with Gasteiger partial charge in [-0.1, -0.05) is 36.4 Å². The Labute approximate surface area is 223 Å². The molecule has 0 aliphatic carbocycles. The third kappa shape index (κ3) is 6.09. The van der Waals surface area contributed by atoms with E-state index in [1.54, 1.807) is 0 Å². The van der Waals surface area contributed by atoms with Crippen LogP contribution >= 0.6 is 0 Å². The van der Waals surface area contributed by atoms with Crippen LogP contribution in [0.3, 0.4) is 0 Å². The number of benzene rings is 2. The van der Waals surface area contributed by atoms with Crippen molar-refractivity contribution in [3.8, 4) is 0 Å². The van der Waals surface area contributed by atoms with Crippen molar-refractivity contribution < 1.29 is 9.59 Å². The molecule has 200 valence electrons. The van der Waals surface area contributed by atoms with E-state index in [0.29, 0.717) is 19.5 Å². The number of fused-ring (bicyclic) bond motifs is 2. The zero-order chi connectivity index (χ0) is 26.5. The predicted molar refractivity (Wildman–Crippen MR) is 151 cm³/mol. The fraction of sp³-hybridized carbons (Fsp3) is 0.400. The molecule has 2 aromatic heterocycles. The van der Waals surface area contributed by atoms with Gasteiger partial charge in [-0.3, -0.25) is 9.59 Å². The molecule has 2 fully saturated rings. The minimum Gasteiger partial charge on any atom is -0.361 e. The molecule has 0 radical (unpaired) electrons. The first-order valence-electron chi connectivity index (χ1n) is 13.6. The van der Waals surface area contributed by atoms with Crippen LogP contribution in [0.1, 0.15) is 37.7 Å². The van der Waals surface area contributed by atoms with E-state index in [1.807, 2.05) is 34.2 Å². The van der Waals surface area contributed by atoms with Crippen molar-refractivity contribution >= 4 is 33.6 Å². The maximum Gasteiger partial charge on any atom is 0.225 e. The van der Waals surface area contributed by atoms with E-state index in [1.165, 1.54) is 27.4 Å². The van der Waals surface area contributed by atoms with Crippen molar-refractivity contribution in [2.75, 3.05) is 19.6 Å². The fourth-order valence-electron chi connectivity index (χ4n) is 5.44. The lowest BCUT2D eigenvalue weighted by Gasteiger charge is -2.30. The molecule has 2 amide bonds. The van der Waals surface area contributed by atoms with E-state index in [2.05, 4.69) is 52.1 Å². The zero-order valence-corrected chi connectivity index (χ0v) is 21.9. The molecule has 0 saturated carbocycles. The normalized spacial score (nSPS) is 20.2. The smallest absolute Gasteiger partial charge is 0.225 e. The van der Waals surface area contributed by atoms with Gasteiger partial charge < -0.3 is 30.8 Å². The van der Waals surface area contributed by atoms with Gasteiger partial charge in [-0.15, -0.1) is 0 Å². The van der Waals surface area contributed by atoms with Gasteiger partial charge in [0, 0.05) is 73.4 Å². The number of hydrogen-bond donors (Lipinski definition) is 3. The lowest BCUT2D eigenvalue weighted by Crippen LogP contribution is -2.44. The van der Waals surface area contributed by atoms with Gasteiger partial charge in [-0.25, -0.2) is 0 Å². The Morgan fingerprint density at radius 1 is 0.842 bits per heavy atom. The van der Waals surface area contributed by atoms with E-state index in [9.17, 15) is 9.59 Å². The number of likely N-dealkylation sites (tertiary alicyclic amines) is 2. The highest BCUT2D eigenvalue weighted by Gasteiger charge is 2.24. The third-order valence-corrected chi connectivity index (χ3v) is 7.67. The Kier molecular flexibility index (Phi) is 8.10. The van der Waals surface area contributed by atoms with Crippen molar-refractivity contribution in [3.63, 3.8) is 0 Å². The standard InChI is InChI=1S/C16H21N3O.C14H17N3O/c17-13-7-9-19(16(20)10-13)8-3-4-12-11-18-15-6-2-1-5-14(12)15;15-12-6-8-17(14(18)9-12)10-16-7-5-11-3-1-2-4-13(11)16/h1-2,5-6,11,13,18H,3-4,7-10,17H2;1-5,7,12H,6,8-10,15H2. The van der Waals surface area contributed by atoms with Gasteiger partial charge in [0.2, 0.25) is 11.8 Å². The second kappa shape index (κ2) is 11.8. The lowest BCUT2D eigenvalue weighted by molar-refractivity contribution is -0.135. The molecule has 8 nitrogen and oxygen atoms in total. The topological polar surface area (TPSA) is 113 Å². The number of hydrogen-bond acceptors (Lipinski definition) is 4. The predicted octanol–water partition coefficient (Wildman–Crippen LogP) is 3.60. The van der Waals surface area contributed by atoms with E-state index in [-0.39, 0.29) is 23.9 Å². The molecule has 2 aromatic carbocycles. The summed E-state index contributed by atoms with van der Waals surface area (Å²) in [7, 11) is 0. The molecule has 38 heavy (non-hydrogen) atoms. The molecular formula is C30H38N6O2. The number of nitrogens with two attached hydrogens (primary N) is 2. The zero-order valence-electron chi connectivity index (χ0n) is 21.9. The largest absolute Gasteiger partial charge is 0.361 e. The molecule has 2 saturated heterocycles. The van der Waals surface area contributed by atoms with Gasteiger partial charge in [0.15, 0.2) is 0 Å². The third-order valence-electron chi connectivity index (χ3n) is 7.67. The summed E-state index contributed by atoms with van der Waals surface area (Å²) in [4.78, 5) is 30.9. The van der Waals surface area contributed by atoms with Crippen LogP contribution in [0.25, 0.3) is 21.8 Å². The van der Waals surface area contributed by atoms with Crippen LogP contribution in [0, 0.1) is 0 Å². The summed E-state index contributed by atoms with van der Waals surface area (Å²) >= 11 is 0. The molecule has 2 unspecified atom stereocenters.